The van der Waals surface area contributed by atoms with E-state index in [4.69, 9.17) is 0 Å². The van der Waals surface area contributed by atoms with Gasteiger partial charge in [0.2, 0.25) is 0 Å². The minimum atomic E-state index is -3.67. The lowest BCUT2D eigenvalue weighted by Crippen LogP contribution is -2.31. The molecule has 0 atom stereocenters. The Balaban J connectivity index is 1.68. The molecule has 138 valence electrons. The standard InChI is InChI=1S/C20H24N2O3S/c1-22(15-16-7-5-6-8-16)20(23)17-11-13-19(14-12-17)26(24,25)21-18-9-3-2-4-10-18/h2-4,9-14,16,21H,5-8,15H2,1H3. The van der Waals surface area contributed by atoms with Crippen LogP contribution in [0, 0.1) is 5.92 Å². The van der Waals surface area contributed by atoms with Gasteiger partial charge >= 0.3 is 0 Å². The zero-order valence-electron chi connectivity index (χ0n) is 14.9. The largest absolute Gasteiger partial charge is 0.341 e. The topological polar surface area (TPSA) is 66.5 Å². The van der Waals surface area contributed by atoms with Crippen molar-refractivity contribution in [2.75, 3.05) is 18.3 Å². The van der Waals surface area contributed by atoms with Gasteiger partial charge in [-0.1, -0.05) is 31.0 Å². The van der Waals surface area contributed by atoms with Crippen molar-refractivity contribution < 1.29 is 13.2 Å². The van der Waals surface area contributed by atoms with Crippen LogP contribution in [0.15, 0.2) is 59.5 Å². The summed E-state index contributed by atoms with van der Waals surface area (Å²) < 4.78 is 27.4. The second-order valence-corrected chi connectivity index (χ2v) is 8.51. The number of rotatable bonds is 6. The van der Waals surface area contributed by atoms with Crippen LogP contribution in [-0.4, -0.2) is 32.8 Å². The average Bonchev–Trinajstić information content (AvgIpc) is 3.14. The summed E-state index contributed by atoms with van der Waals surface area (Å²) in [6.45, 7) is 0.758. The number of anilines is 1. The van der Waals surface area contributed by atoms with Gasteiger partial charge in [0.1, 0.15) is 0 Å². The summed E-state index contributed by atoms with van der Waals surface area (Å²) in [5.74, 6) is 0.510. The van der Waals surface area contributed by atoms with Gasteiger partial charge in [-0.2, -0.15) is 0 Å². The lowest BCUT2D eigenvalue weighted by Gasteiger charge is -2.21. The third-order valence-corrected chi connectivity index (χ3v) is 6.19. The predicted molar refractivity (Wildman–Crippen MR) is 103 cm³/mol. The summed E-state index contributed by atoms with van der Waals surface area (Å²) in [4.78, 5) is 14.4. The molecule has 1 fully saturated rings. The summed E-state index contributed by atoms with van der Waals surface area (Å²) in [6.07, 6.45) is 4.85. The summed E-state index contributed by atoms with van der Waals surface area (Å²) in [5.41, 5.74) is 1.01. The Hall–Kier alpha value is -2.34. The number of amides is 1. The van der Waals surface area contributed by atoms with E-state index in [0.717, 1.165) is 6.54 Å². The summed E-state index contributed by atoms with van der Waals surface area (Å²) in [7, 11) is -1.86. The van der Waals surface area contributed by atoms with Crippen molar-refractivity contribution in [1.82, 2.24) is 4.90 Å². The molecule has 0 aromatic heterocycles. The Morgan fingerprint density at radius 2 is 1.65 bits per heavy atom. The predicted octanol–water partition coefficient (Wildman–Crippen LogP) is 3.75. The Morgan fingerprint density at radius 1 is 1.04 bits per heavy atom. The molecule has 1 saturated carbocycles. The molecular formula is C20H24N2O3S. The van der Waals surface area contributed by atoms with E-state index in [-0.39, 0.29) is 10.8 Å². The van der Waals surface area contributed by atoms with E-state index >= 15 is 0 Å². The Labute approximate surface area is 155 Å². The third kappa shape index (κ3) is 4.43. The second-order valence-electron chi connectivity index (χ2n) is 6.83. The highest BCUT2D eigenvalue weighted by atomic mass is 32.2. The zero-order valence-corrected chi connectivity index (χ0v) is 15.7. The normalized spacial score (nSPS) is 15.0. The van der Waals surface area contributed by atoms with E-state index in [1.807, 2.05) is 13.1 Å². The fraction of sp³-hybridized carbons (Fsp3) is 0.350. The number of benzene rings is 2. The van der Waals surface area contributed by atoms with Gasteiger partial charge in [-0.3, -0.25) is 9.52 Å². The maximum absolute atomic E-state index is 12.5. The molecule has 0 saturated heterocycles. The van der Waals surface area contributed by atoms with Gasteiger partial charge in [0.25, 0.3) is 15.9 Å². The molecule has 5 nitrogen and oxygen atoms in total. The molecule has 1 N–H and O–H groups in total. The first-order valence-electron chi connectivity index (χ1n) is 8.89. The number of nitrogens with one attached hydrogen (secondary N) is 1. The van der Waals surface area contributed by atoms with Crippen molar-refractivity contribution >= 4 is 21.6 Å². The highest BCUT2D eigenvalue weighted by molar-refractivity contribution is 7.92. The molecule has 0 aliphatic heterocycles. The van der Waals surface area contributed by atoms with Gasteiger partial charge < -0.3 is 4.90 Å². The van der Waals surface area contributed by atoms with E-state index in [0.29, 0.717) is 17.2 Å². The first-order chi connectivity index (χ1) is 12.5. The molecule has 26 heavy (non-hydrogen) atoms. The second kappa shape index (κ2) is 7.91. The SMILES string of the molecule is CN(CC1CCCC1)C(=O)c1ccc(S(=O)(=O)Nc2ccccc2)cc1. The van der Waals surface area contributed by atoms with Crippen LogP contribution < -0.4 is 4.72 Å². The minimum Gasteiger partial charge on any atom is -0.341 e. The van der Waals surface area contributed by atoms with Crippen molar-refractivity contribution in [2.24, 2.45) is 5.92 Å². The highest BCUT2D eigenvalue weighted by Gasteiger charge is 2.21. The maximum Gasteiger partial charge on any atom is 0.261 e. The molecule has 2 aromatic carbocycles. The zero-order chi connectivity index (χ0) is 18.6. The smallest absolute Gasteiger partial charge is 0.261 e. The van der Waals surface area contributed by atoms with Crippen LogP contribution in [0.3, 0.4) is 0 Å². The van der Waals surface area contributed by atoms with Crippen LogP contribution in [0.5, 0.6) is 0 Å². The molecule has 3 rings (SSSR count). The molecule has 1 amide bonds. The van der Waals surface area contributed by atoms with E-state index in [1.54, 1.807) is 41.3 Å². The van der Waals surface area contributed by atoms with Crippen molar-refractivity contribution in [1.29, 1.82) is 0 Å². The maximum atomic E-state index is 12.5. The van der Waals surface area contributed by atoms with Crippen molar-refractivity contribution in [3.05, 3.63) is 60.2 Å². The summed E-state index contributed by atoms with van der Waals surface area (Å²) >= 11 is 0. The van der Waals surface area contributed by atoms with Crippen molar-refractivity contribution in [2.45, 2.75) is 30.6 Å². The Bertz CT molecular complexity index is 842. The Morgan fingerprint density at radius 3 is 2.27 bits per heavy atom. The van der Waals surface area contributed by atoms with E-state index in [2.05, 4.69) is 4.72 Å². The van der Waals surface area contributed by atoms with Gasteiger partial charge in [0.15, 0.2) is 0 Å². The van der Waals surface area contributed by atoms with Crippen molar-refractivity contribution in [3.63, 3.8) is 0 Å². The molecule has 0 radical (unpaired) electrons. The molecule has 6 heteroatoms. The average molecular weight is 372 g/mol. The molecule has 2 aromatic rings. The molecule has 1 aliphatic carbocycles. The first-order valence-corrected chi connectivity index (χ1v) is 10.4. The van der Waals surface area contributed by atoms with Crippen LogP contribution in [-0.2, 0) is 10.0 Å². The summed E-state index contributed by atoms with van der Waals surface area (Å²) in [5, 5.41) is 0. The number of nitrogens with zero attached hydrogens (tertiary/aromatic N) is 1. The third-order valence-electron chi connectivity index (χ3n) is 4.79. The van der Waals surface area contributed by atoms with Crippen LogP contribution in [0.1, 0.15) is 36.0 Å². The molecule has 0 unspecified atom stereocenters. The quantitative estimate of drug-likeness (QED) is 0.840. The number of hydrogen-bond donors (Lipinski definition) is 1. The summed E-state index contributed by atoms with van der Waals surface area (Å²) in [6, 6.07) is 14.8. The number of sulfonamides is 1. The van der Waals surface area contributed by atoms with Crippen LogP contribution in [0.4, 0.5) is 5.69 Å². The van der Waals surface area contributed by atoms with E-state index < -0.39 is 10.0 Å². The van der Waals surface area contributed by atoms with E-state index in [9.17, 15) is 13.2 Å². The first kappa shape index (κ1) is 18.5. The molecule has 1 aliphatic rings. The fourth-order valence-electron chi connectivity index (χ4n) is 3.38. The fourth-order valence-corrected chi connectivity index (χ4v) is 4.44. The molecular weight excluding hydrogens is 348 g/mol. The van der Waals surface area contributed by atoms with Crippen LogP contribution >= 0.6 is 0 Å². The van der Waals surface area contributed by atoms with Crippen LogP contribution in [0.2, 0.25) is 0 Å². The van der Waals surface area contributed by atoms with Gasteiger partial charge in [0, 0.05) is 24.8 Å². The highest BCUT2D eigenvalue weighted by Crippen LogP contribution is 2.25. The lowest BCUT2D eigenvalue weighted by atomic mass is 10.1. The van der Waals surface area contributed by atoms with Gasteiger partial charge in [-0.25, -0.2) is 8.42 Å². The van der Waals surface area contributed by atoms with Gasteiger partial charge in [-0.15, -0.1) is 0 Å². The minimum absolute atomic E-state index is 0.0723. The number of carbonyl (C=O) groups is 1. The number of hydrogen-bond acceptors (Lipinski definition) is 3. The van der Waals surface area contributed by atoms with Crippen molar-refractivity contribution in [3.8, 4) is 0 Å². The number of para-hydroxylation sites is 1. The van der Waals surface area contributed by atoms with Gasteiger partial charge in [-0.05, 0) is 55.2 Å². The lowest BCUT2D eigenvalue weighted by molar-refractivity contribution is 0.0773. The molecule has 0 spiro atoms. The van der Waals surface area contributed by atoms with Crippen LogP contribution in [0.25, 0.3) is 0 Å². The number of carbonyl (C=O) groups excluding carboxylic acids is 1. The van der Waals surface area contributed by atoms with E-state index in [1.165, 1.54) is 37.8 Å². The molecule has 0 heterocycles. The molecule has 0 bridgehead atoms. The Kier molecular flexibility index (Phi) is 5.61. The monoisotopic (exact) mass is 372 g/mol. The van der Waals surface area contributed by atoms with Gasteiger partial charge in [0.05, 0.1) is 4.90 Å².